The smallest absolute Gasteiger partial charge is 0.190 e. The Balaban J connectivity index is 0.932. The molecule has 14 heteroatoms. The predicted octanol–water partition coefficient (Wildman–Crippen LogP) is 2.41. The van der Waals surface area contributed by atoms with Crippen LogP contribution in [0.1, 0.15) is 100 Å². The molecule has 0 aromatic rings. The van der Waals surface area contributed by atoms with Crippen molar-refractivity contribution in [3.63, 3.8) is 0 Å². The fourth-order valence-corrected chi connectivity index (χ4v) is 8.33. The van der Waals surface area contributed by atoms with Gasteiger partial charge in [0.2, 0.25) is 0 Å². The van der Waals surface area contributed by atoms with Crippen LogP contribution in [-0.2, 0) is 47.4 Å². The molecule has 49 heavy (non-hydrogen) atoms. The van der Waals surface area contributed by atoms with Crippen molar-refractivity contribution in [3.8, 4) is 0 Å². The molecule has 0 aromatic carbocycles. The van der Waals surface area contributed by atoms with E-state index in [1.54, 1.807) is 0 Å². The van der Waals surface area contributed by atoms with E-state index in [1.807, 2.05) is 55.4 Å². The van der Waals surface area contributed by atoms with E-state index in [-0.39, 0.29) is 74.1 Å². The molecular formula is C35H62N2O12. The average Bonchev–Trinajstić information content (AvgIpc) is 3.70. The Morgan fingerprint density at radius 1 is 0.449 bits per heavy atom. The van der Waals surface area contributed by atoms with Crippen LogP contribution in [0.5, 0.6) is 0 Å². The van der Waals surface area contributed by atoms with Gasteiger partial charge in [0.1, 0.15) is 48.8 Å². The Hall–Kier alpha value is -0.560. The maximum atomic E-state index is 9.91. The van der Waals surface area contributed by atoms with Gasteiger partial charge in [-0.25, -0.2) is 0 Å². The molecule has 6 aliphatic rings. The zero-order valence-electron chi connectivity index (χ0n) is 30.7. The Morgan fingerprint density at radius 3 is 1.16 bits per heavy atom. The van der Waals surface area contributed by atoms with Crippen LogP contribution in [0.3, 0.4) is 0 Å². The van der Waals surface area contributed by atoms with E-state index in [1.165, 1.54) is 0 Å². The summed E-state index contributed by atoms with van der Waals surface area (Å²) >= 11 is 0. The standard InChI is InChI=1S/C35H62N2O12/c1-32(2)42-24-22(40-30-28(26(24)44-32)46-34(5,6)48-30)20(14-18-38)36-16-12-10-9-11-13-17-37-21(15-19-39)23-25-27(45-33(3,4)43-25)29-31(41-23)49-35(7,8)47-29/h20-31,36-39H,9-19H2,1-8H3/t20?,21?,22-,23-,24+,25+,26+,27+,28-,29-,30-,31-/m1/s1. The molecule has 4 N–H and O–H groups in total. The number of unbranched alkanes of at least 4 members (excludes halogenated alkanes) is 4. The predicted molar refractivity (Wildman–Crippen MR) is 175 cm³/mol. The quantitative estimate of drug-likeness (QED) is 0.174. The lowest BCUT2D eigenvalue weighted by Gasteiger charge is -2.41. The third-order valence-corrected chi connectivity index (χ3v) is 10.2. The van der Waals surface area contributed by atoms with Crippen LogP contribution in [0.2, 0.25) is 0 Å². The number of nitrogens with one attached hydrogen (secondary N) is 2. The summed E-state index contributed by atoms with van der Waals surface area (Å²) in [4.78, 5) is 0. The molecule has 0 amide bonds. The van der Waals surface area contributed by atoms with Crippen molar-refractivity contribution >= 4 is 0 Å². The highest BCUT2D eigenvalue weighted by Gasteiger charge is 2.63. The van der Waals surface area contributed by atoms with Crippen molar-refractivity contribution in [1.82, 2.24) is 10.6 Å². The third kappa shape index (κ3) is 8.81. The van der Waals surface area contributed by atoms with E-state index >= 15 is 0 Å². The van der Waals surface area contributed by atoms with Gasteiger partial charge in [0.25, 0.3) is 0 Å². The van der Waals surface area contributed by atoms with E-state index in [0.717, 1.165) is 45.2 Å². The summed E-state index contributed by atoms with van der Waals surface area (Å²) in [6.45, 7) is 16.8. The van der Waals surface area contributed by atoms with Crippen molar-refractivity contribution in [2.75, 3.05) is 26.3 Å². The second-order valence-electron chi connectivity index (χ2n) is 16.2. The van der Waals surface area contributed by atoms with Gasteiger partial charge in [0.15, 0.2) is 35.7 Å². The van der Waals surface area contributed by atoms with E-state index in [2.05, 4.69) is 10.6 Å². The van der Waals surface area contributed by atoms with Gasteiger partial charge in [0.05, 0.1) is 0 Å². The average molecular weight is 703 g/mol. The van der Waals surface area contributed by atoms with Gasteiger partial charge in [-0.05, 0) is 94.2 Å². The fourth-order valence-electron chi connectivity index (χ4n) is 8.33. The van der Waals surface area contributed by atoms with Gasteiger partial charge in [-0.2, -0.15) is 0 Å². The van der Waals surface area contributed by atoms with Crippen molar-refractivity contribution in [3.05, 3.63) is 0 Å². The molecular weight excluding hydrogens is 640 g/mol. The van der Waals surface area contributed by atoms with Gasteiger partial charge in [-0.1, -0.05) is 19.3 Å². The molecule has 0 aliphatic carbocycles. The number of ether oxygens (including phenoxy) is 10. The summed E-state index contributed by atoms with van der Waals surface area (Å²) in [6, 6.07) is -0.250. The molecule has 6 aliphatic heterocycles. The summed E-state index contributed by atoms with van der Waals surface area (Å²) < 4.78 is 62.5. The van der Waals surface area contributed by atoms with Gasteiger partial charge in [-0.15, -0.1) is 0 Å². The molecule has 0 radical (unpaired) electrons. The van der Waals surface area contributed by atoms with Crippen molar-refractivity contribution in [2.24, 2.45) is 0 Å². The second-order valence-corrected chi connectivity index (χ2v) is 16.2. The summed E-state index contributed by atoms with van der Waals surface area (Å²) in [7, 11) is 0. The Kier molecular flexibility index (Phi) is 11.7. The Morgan fingerprint density at radius 2 is 0.776 bits per heavy atom. The van der Waals surface area contributed by atoms with E-state index < -0.39 is 35.7 Å². The monoisotopic (exact) mass is 702 g/mol. The first-order valence-electron chi connectivity index (χ1n) is 18.5. The minimum absolute atomic E-state index is 0.0324. The zero-order chi connectivity index (χ0) is 35.2. The van der Waals surface area contributed by atoms with E-state index in [4.69, 9.17) is 47.4 Å². The van der Waals surface area contributed by atoms with Crippen LogP contribution in [0, 0.1) is 0 Å². The SMILES string of the molecule is CC1(C)O[C@H]2[C@@H](O1)[C@@H](C(CCO)NCCCCCCCNC(CCO)[C@H]1O[C@@H]3OC(C)(C)O[C@@H]3[C@H]3OC(C)(C)O[C@H]31)O[C@@H]1OC(C)(C)O[C@@H]12. The van der Waals surface area contributed by atoms with Gasteiger partial charge in [0, 0.05) is 25.3 Å². The zero-order valence-corrected chi connectivity index (χ0v) is 30.7. The molecule has 6 fully saturated rings. The second kappa shape index (κ2) is 15.1. The number of hydrogen-bond acceptors (Lipinski definition) is 14. The van der Waals surface area contributed by atoms with Gasteiger partial charge in [-0.3, -0.25) is 0 Å². The largest absolute Gasteiger partial charge is 0.396 e. The lowest BCUT2D eigenvalue weighted by atomic mass is 9.92. The van der Waals surface area contributed by atoms with Crippen LogP contribution in [0.4, 0.5) is 0 Å². The van der Waals surface area contributed by atoms with Crippen molar-refractivity contribution < 1.29 is 57.6 Å². The van der Waals surface area contributed by atoms with Crippen LogP contribution < -0.4 is 10.6 Å². The fraction of sp³-hybridized carbons (Fsp3) is 1.00. The van der Waals surface area contributed by atoms with E-state index in [0.29, 0.717) is 12.8 Å². The van der Waals surface area contributed by atoms with Gasteiger partial charge < -0.3 is 68.2 Å². The molecule has 6 rings (SSSR count). The first kappa shape index (κ1) is 38.2. The third-order valence-electron chi connectivity index (χ3n) is 10.2. The van der Waals surface area contributed by atoms with Crippen LogP contribution in [-0.4, -0.2) is 133 Å². The van der Waals surface area contributed by atoms with Crippen LogP contribution >= 0.6 is 0 Å². The maximum Gasteiger partial charge on any atom is 0.190 e. The molecule has 0 spiro atoms. The molecule has 0 aromatic heterocycles. The lowest BCUT2D eigenvalue weighted by Crippen LogP contribution is -2.61. The first-order chi connectivity index (χ1) is 23.1. The molecule has 6 saturated heterocycles. The number of hydrogen-bond donors (Lipinski definition) is 4. The Labute approximate surface area is 291 Å². The molecule has 12 atom stereocenters. The minimum atomic E-state index is -0.774. The molecule has 6 heterocycles. The number of rotatable bonds is 16. The molecule has 2 unspecified atom stereocenters. The summed E-state index contributed by atoms with van der Waals surface area (Å²) in [6.07, 6.45) is 2.42. The number of aliphatic hydroxyl groups excluding tert-OH is 2. The lowest BCUT2D eigenvalue weighted by molar-refractivity contribution is -0.240. The van der Waals surface area contributed by atoms with Crippen LogP contribution in [0.15, 0.2) is 0 Å². The number of fused-ring (bicyclic) bond motifs is 6. The molecule has 284 valence electrons. The van der Waals surface area contributed by atoms with Crippen molar-refractivity contribution in [2.45, 2.75) is 197 Å². The molecule has 0 bridgehead atoms. The van der Waals surface area contributed by atoms with Gasteiger partial charge >= 0.3 is 0 Å². The normalized spacial score (nSPS) is 40.8. The summed E-state index contributed by atoms with van der Waals surface area (Å²) in [5, 5.41) is 27.1. The first-order valence-corrected chi connectivity index (χ1v) is 18.5. The van der Waals surface area contributed by atoms with E-state index in [9.17, 15) is 10.2 Å². The van der Waals surface area contributed by atoms with Crippen LogP contribution in [0.25, 0.3) is 0 Å². The molecule has 0 saturated carbocycles. The highest BCUT2D eigenvalue weighted by atomic mass is 16.9. The maximum absolute atomic E-state index is 9.91. The topological polar surface area (TPSA) is 157 Å². The number of aliphatic hydroxyl groups is 2. The van der Waals surface area contributed by atoms with Crippen molar-refractivity contribution in [1.29, 1.82) is 0 Å². The Bertz CT molecular complexity index is 1010. The summed E-state index contributed by atoms with van der Waals surface area (Å²) in [5.74, 6) is -3.08. The summed E-state index contributed by atoms with van der Waals surface area (Å²) in [5.41, 5.74) is 0. The highest BCUT2D eigenvalue weighted by molar-refractivity contribution is 5.04. The highest BCUT2D eigenvalue weighted by Crippen LogP contribution is 2.46. The molecule has 14 nitrogen and oxygen atoms in total. The minimum Gasteiger partial charge on any atom is -0.396 e.